The molecule has 0 aliphatic heterocycles. The molecule has 4 nitrogen and oxygen atoms in total. The van der Waals surface area contributed by atoms with E-state index in [9.17, 15) is 14.9 Å². The maximum Gasteiger partial charge on any atom is 0.269 e. The van der Waals surface area contributed by atoms with E-state index in [1.807, 2.05) is 25.1 Å². The maximum atomic E-state index is 12.4. The van der Waals surface area contributed by atoms with Crippen LogP contribution in [0.2, 0.25) is 0 Å². The van der Waals surface area contributed by atoms with Crippen LogP contribution in [0.3, 0.4) is 0 Å². The van der Waals surface area contributed by atoms with Crippen LogP contribution in [0.4, 0.5) is 5.69 Å². The van der Waals surface area contributed by atoms with Crippen molar-refractivity contribution in [1.29, 1.82) is 0 Å². The fourth-order valence-electron chi connectivity index (χ4n) is 1.92. The summed E-state index contributed by atoms with van der Waals surface area (Å²) in [5.41, 5.74) is 0.751. The van der Waals surface area contributed by atoms with Crippen LogP contribution in [0, 0.1) is 10.1 Å². The van der Waals surface area contributed by atoms with Gasteiger partial charge in [-0.2, -0.15) is 0 Å². The zero-order valence-corrected chi connectivity index (χ0v) is 12.4. The van der Waals surface area contributed by atoms with Crippen molar-refractivity contribution in [2.75, 3.05) is 0 Å². The summed E-state index contributed by atoms with van der Waals surface area (Å²) in [6.45, 7) is 1.96. The highest BCUT2D eigenvalue weighted by Crippen LogP contribution is 2.29. The lowest BCUT2D eigenvalue weighted by Gasteiger charge is -2.13. The normalized spacial score (nSPS) is 11.9. The maximum absolute atomic E-state index is 12.4. The number of hydrogen-bond donors (Lipinski definition) is 0. The van der Waals surface area contributed by atoms with E-state index in [0.29, 0.717) is 12.0 Å². The van der Waals surface area contributed by atoms with Gasteiger partial charge in [-0.25, -0.2) is 0 Å². The van der Waals surface area contributed by atoms with Crippen molar-refractivity contribution >= 4 is 23.2 Å². The average Bonchev–Trinajstić information content (AvgIpc) is 2.53. The first-order valence-corrected chi connectivity index (χ1v) is 7.50. The first-order valence-electron chi connectivity index (χ1n) is 6.62. The molecule has 0 aliphatic rings. The smallest absolute Gasteiger partial charge is 0.269 e. The number of Topliss-reactive ketones (excluding diaryl/α,β-unsaturated/α-hetero) is 1. The molecule has 21 heavy (non-hydrogen) atoms. The van der Waals surface area contributed by atoms with Crippen LogP contribution in [0.25, 0.3) is 0 Å². The Morgan fingerprint density at radius 3 is 2.29 bits per heavy atom. The van der Waals surface area contributed by atoms with Gasteiger partial charge in [-0.15, -0.1) is 11.8 Å². The number of ketones is 1. The Hall–Kier alpha value is -2.14. The van der Waals surface area contributed by atoms with E-state index in [2.05, 4.69) is 0 Å². The van der Waals surface area contributed by atoms with Gasteiger partial charge in [-0.1, -0.05) is 37.3 Å². The molecule has 1 atom stereocenters. The predicted octanol–water partition coefficient (Wildman–Crippen LogP) is 4.35. The Balaban J connectivity index is 2.12. The summed E-state index contributed by atoms with van der Waals surface area (Å²) < 4.78 is 0. The number of thioether (sulfide) groups is 1. The number of non-ortho nitro benzene ring substituents is 1. The molecule has 108 valence electrons. The predicted molar refractivity (Wildman–Crippen MR) is 83.8 cm³/mol. The Morgan fingerprint density at radius 1 is 1.14 bits per heavy atom. The quantitative estimate of drug-likeness (QED) is 0.344. The number of hydrogen-bond acceptors (Lipinski definition) is 4. The second-order valence-corrected chi connectivity index (χ2v) is 5.77. The Bertz CT molecular complexity index is 626. The Morgan fingerprint density at radius 2 is 1.76 bits per heavy atom. The van der Waals surface area contributed by atoms with Gasteiger partial charge in [-0.3, -0.25) is 14.9 Å². The number of nitro groups is 1. The summed E-state index contributed by atoms with van der Waals surface area (Å²) >= 11 is 1.44. The van der Waals surface area contributed by atoms with Crippen molar-refractivity contribution in [3.63, 3.8) is 0 Å². The van der Waals surface area contributed by atoms with Crippen molar-refractivity contribution in [2.45, 2.75) is 23.5 Å². The van der Waals surface area contributed by atoms with Crippen molar-refractivity contribution in [2.24, 2.45) is 0 Å². The van der Waals surface area contributed by atoms with Gasteiger partial charge in [-0.05, 0) is 18.6 Å². The first-order chi connectivity index (χ1) is 10.1. The number of nitrogens with zero attached hydrogens (tertiary/aromatic N) is 1. The molecule has 0 heterocycles. The first kappa shape index (κ1) is 15.3. The number of rotatable bonds is 6. The number of benzene rings is 2. The van der Waals surface area contributed by atoms with E-state index in [1.165, 1.54) is 23.9 Å². The van der Waals surface area contributed by atoms with E-state index in [1.54, 1.807) is 24.3 Å². The Kier molecular flexibility index (Phi) is 5.11. The van der Waals surface area contributed by atoms with Crippen LogP contribution in [-0.4, -0.2) is 16.0 Å². The summed E-state index contributed by atoms with van der Waals surface area (Å²) in [7, 11) is 0. The largest absolute Gasteiger partial charge is 0.293 e. The molecule has 2 aromatic rings. The van der Waals surface area contributed by atoms with Crippen LogP contribution in [0.1, 0.15) is 23.7 Å². The summed E-state index contributed by atoms with van der Waals surface area (Å²) in [6.07, 6.45) is 0.704. The third-order valence-corrected chi connectivity index (χ3v) is 4.42. The summed E-state index contributed by atoms with van der Waals surface area (Å²) in [5, 5.41) is 10.4. The van der Waals surface area contributed by atoms with Gasteiger partial charge >= 0.3 is 0 Å². The van der Waals surface area contributed by atoms with Gasteiger partial charge in [0.05, 0.1) is 10.2 Å². The number of nitro benzene ring substituents is 1. The molecule has 0 amide bonds. The van der Waals surface area contributed by atoms with Crippen LogP contribution in [-0.2, 0) is 0 Å². The molecule has 0 spiro atoms. The fourth-order valence-corrected chi connectivity index (χ4v) is 2.95. The molecule has 0 N–H and O–H groups in total. The molecule has 0 fully saturated rings. The van der Waals surface area contributed by atoms with Crippen molar-refractivity contribution in [3.8, 4) is 0 Å². The van der Waals surface area contributed by atoms with Gasteiger partial charge in [0.25, 0.3) is 5.69 Å². The third-order valence-electron chi connectivity index (χ3n) is 3.05. The summed E-state index contributed by atoms with van der Waals surface area (Å²) in [6, 6.07) is 15.5. The average molecular weight is 301 g/mol. The SMILES string of the molecule is CCC(Sc1ccc([N+](=O)[O-])cc1)C(=O)c1ccccc1. The van der Waals surface area contributed by atoms with Crippen LogP contribution in [0.15, 0.2) is 59.5 Å². The topological polar surface area (TPSA) is 60.2 Å². The molecule has 0 saturated carbocycles. The lowest BCUT2D eigenvalue weighted by Crippen LogP contribution is -2.16. The zero-order valence-electron chi connectivity index (χ0n) is 11.6. The Labute approximate surface area is 127 Å². The minimum absolute atomic E-state index is 0.0572. The molecule has 0 aliphatic carbocycles. The molecule has 2 aromatic carbocycles. The molecular weight excluding hydrogens is 286 g/mol. The van der Waals surface area contributed by atoms with E-state index >= 15 is 0 Å². The molecule has 0 aromatic heterocycles. The molecule has 1 unspecified atom stereocenters. The molecular formula is C16H15NO3S. The molecule has 5 heteroatoms. The second-order valence-electron chi connectivity index (χ2n) is 4.50. The van der Waals surface area contributed by atoms with Crippen molar-refractivity contribution < 1.29 is 9.72 Å². The van der Waals surface area contributed by atoms with Gasteiger partial charge in [0.2, 0.25) is 0 Å². The van der Waals surface area contributed by atoms with E-state index < -0.39 is 4.92 Å². The van der Waals surface area contributed by atoms with E-state index in [0.717, 1.165) is 4.90 Å². The molecule has 2 rings (SSSR count). The summed E-state index contributed by atoms with van der Waals surface area (Å²) in [5.74, 6) is 0.0847. The monoisotopic (exact) mass is 301 g/mol. The zero-order chi connectivity index (χ0) is 15.2. The molecule has 0 radical (unpaired) electrons. The highest BCUT2D eigenvalue weighted by Gasteiger charge is 2.19. The summed E-state index contributed by atoms with van der Waals surface area (Å²) in [4.78, 5) is 23.5. The van der Waals surface area contributed by atoms with Crippen molar-refractivity contribution in [3.05, 3.63) is 70.3 Å². The van der Waals surface area contributed by atoms with Crippen LogP contribution < -0.4 is 0 Å². The third kappa shape index (κ3) is 3.92. The fraction of sp³-hybridized carbons (Fsp3) is 0.188. The molecule has 0 bridgehead atoms. The second kappa shape index (κ2) is 7.04. The standard InChI is InChI=1S/C16H15NO3S/c1-2-15(16(18)12-6-4-3-5-7-12)21-14-10-8-13(9-11-14)17(19)20/h3-11,15H,2H2,1H3. The molecule has 0 saturated heterocycles. The van der Waals surface area contributed by atoms with Crippen LogP contribution in [0.5, 0.6) is 0 Å². The number of carbonyl (C=O) groups excluding carboxylic acids is 1. The van der Waals surface area contributed by atoms with E-state index in [-0.39, 0.29) is 16.7 Å². The van der Waals surface area contributed by atoms with Crippen LogP contribution >= 0.6 is 11.8 Å². The lowest BCUT2D eigenvalue weighted by molar-refractivity contribution is -0.384. The number of carbonyl (C=O) groups is 1. The highest BCUT2D eigenvalue weighted by atomic mass is 32.2. The van der Waals surface area contributed by atoms with Crippen molar-refractivity contribution in [1.82, 2.24) is 0 Å². The van der Waals surface area contributed by atoms with Gasteiger partial charge < -0.3 is 0 Å². The van der Waals surface area contributed by atoms with Gasteiger partial charge in [0.1, 0.15) is 0 Å². The minimum Gasteiger partial charge on any atom is -0.293 e. The minimum atomic E-state index is -0.430. The lowest BCUT2D eigenvalue weighted by atomic mass is 10.1. The van der Waals surface area contributed by atoms with E-state index in [4.69, 9.17) is 0 Å². The van der Waals surface area contributed by atoms with Gasteiger partial charge in [0, 0.05) is 22.6 Å². The van der Waals surface area contributed by atoms with Gasteiger partial charge in [0.15, 0.2) is 5.78 Å². The highest BCUT2D eigenvalue weighted by molar-refractivity contribution is 8.00.